The first-order valence-electron chi connectivity index (χ1n) is 6.17. The molecule has 7 heteroatoms. The Kier molecular flexibility index (Phi) is 4.46. The van der Waals surface area contributed by atoms with E-state index < -0.39 is 24.1 Å². The van der Waals surface area contributed by atoms with Crippen LogP contribution in [0.4, 0.5) is 4.79 Å². The Morgan fingerprint density at radius 1 is 1.45 bits per heavy atom. The number of hydrogen-bond donors (Lipinski definition) is 3. The maximum Gasteiger partial charge on any atom is 0.326 e. The zero-order chi connectivity index (χ0) is 14.7. The van der Waals surface area contributed by atoms with Crippen molar-refractivity contribution in [2.24, 2.45) is 0 Å². The van der Waals surface area contributed by atoms with Gasteiger partial charge in [0, 0.05) is 24.5 Å². The van der Waals surface area contributed by atoms with Crippen molar-refractivity contribution in [2.75, 3.05) is 6.54 Å². The number of halogens is 1. The van der Waals surface area contributed by atoms with Crippen LogP contribution in [-0.4, -0.2) is 45.8 Å². The van der Waals surface area contributed by atoms with Crippen molar-refractivity contribution in [3.8, 4) is 0 Å². The third kappa shape index (κ3) is 3.40. The third-order valence-corrected chi connectivity index (χ3v) is 3.39. The fourth-order valence-corrected chi connectivity index (χ4v) is 2.41. The molecule has 0 radical (unpaired) electrons. The molecule has 1 aromatic rings. The van der Waals surface area contributed by atoms with E-state index in [1.165, 1.54) is 0 Å². The van der Waals surface area contributed by atoms with E-state index >= 15 is 0 Å². The summed E-state index contributed by atoms with van der Waals surface area (Å²) in [4.78, 5) is 24.1. The first-order valence-corrected chi connectivity index (χ1v) is 6.55. The van der Waals surface area contributed by atoms with Crippen molar-refractivity contribution in [1.82, 2.24) is 10.2 Å². The Balaban J connectivity index is 1.96. The topological polar surface area (TPSA) is 89.9 Å². The van der Waals surface area contributed by atoms with Gasteiger partial charge in [-0.2, -0.15) is 0 Å². The average molecular weight is 299 g/mol. The number of aliphatic carboxylic acids is 1. The monoisotopic (exact) mass is 298 g/mol. The summed E-state index contributed by atoms with van der Waals surface area (Å²) in [6, 6.07) is 5.53. The molecule has 1 aliphatic rings. The van der Waals surface area contributed by atoms with Crippen LogP contribution >= 0.6 is 11.6 Å². The zero-order valence-corrected chi connectivity index (χ0v) is 11.4. The number of benzene rings is 1. The van der Waals surface area contributed by atoms with E-state index in [9.17, 15) is 14.7 Å². The van der Waals surface area contributed by atoms with E-state index in [1.54, 1.807) is 24.3 Å². The number of aliphatic hydroxyl groups excluding tert-OH is 1. The van der Waals surface area contributed by atoms with Gasteiger partial charge in [0.15, 0.2) is 0 Å². The number of carboxylic acid groups (broad SMARTS) is 1. The predicted molar refractivity (Wildman–Crippen MR) is 72.4 cm³/mol. The number of urea groups is 1. The van der Waals surface area contributed by atoms with Crippen LogP contribution in [0.3, 0.4) is 0 Å². The van der Waals surface area contributed by atoms with Crippen LogP contribution in [0.15, 0.2) is 24.3 Å². The lowest BCUT2D eigenvalue weighted by Gasteiger charge is -2.21. The average Bonchev–Trinajstić information content (AvgIpc) is 2.78. The smallest absolute Gasteiger partial charge is 0.326 e. The number of hydrogen-bond acceptors (Lipinski definition) is 3. The summed E-state index contributed by atoms with van der Waals surface area (Å²) < 4.78 is 0. The van der Waals surface area contributed by atoms with Gasteiger partial charge in [-0.25, -0.2) is 9.59 Å². The van der Waals surface area contributed by atoms with Crippen molar-refractivity contribution in [1.29, 1.82) is 0 Å². The van der Waals surface area contributed by atoms with Crippen LogP contribution in [0.5, 0.6) is 0 Å². The van der Waals surface area contributed by atoms with Gasteiger partial charge in [0.1, 0.15) is 6.04 Å². The first-order chi connectivity index (χ1) is 9.47. The number of carboxylic acids is 1. The highest BCUT2D eigenvalue weighted by Crippen LogP contribution is 2.18. The SMILES string of the molecule is O=C(O)C1CC(O)CN1C(=O)NCc1cccc(Cl)c1. The summed E-state index contributed by atoms with van der Waals surface area (Å²) in [6.07, 6.45) is -0.743. The molecule has 2 unspecified atom stereocenters. The van der Waals surface area contributed by atoms with Crippen LogP contribution < -0.4 is 5.32 Å². The Morgan fingerprint density at radius 2 is 2.20 bits per heavy atom. The van der Waals surface area contributed by atoms with Gasteiger partial charge in [-0.15, -0.1) is 0 Å². The minimum atomic E-state index is -1.11. The maximum atomic E-state index is 12.0. The fourth-order valence-electron chi connectivity index (χ4n) is 2.20. The van der Waals surface area contributed by atoms with E-state index in [0.29, 0.717) is 5.02 Å². The Morgan fingerprint density at radius 3 is 2.85 bits per heavy atom. The highest BCUT2D eigenvalue weighted by molar-refractivity contribution is 6.30. The maximum absolute atomic E-state index is 12.0. The number of nitrogens with one attached hydrogen (secondary N) is 1. The van der Waals surface area contributed by atoms with Gasteiger partial charge in [0.2, 0.25) is 0 Å². The van der Waals surface area contributed by atoms with Crippen molar-refractivity contribution in [3.63, 3.8) is 0 Å². The van der Waals surface area contributed by atoms with Crippen molar-refractivity contribution in [2.45, 2.75) is 25.1 Å². The lowest BCUT2D eigenvalue weighted by atomic mass is 10.2. The van der Waals surface area contributed by atoms with Gasteiger partial charge in [0.25, 0.3) is 0 Å². The van der Waals surface area contributed by atoms with Crippen molar-refractivity contribution in [3.05, 3.63) is 34.9 Å². The largest absolute Gasteiger partial charge is 0.480 e. The Labute approximate surface area is 121 Å². The lowest BCUT2D eigenvalue weighted by molar-refractivity contribution is -0.141. The van der Waals surface area contributed by atoms with Gasteiger partial charge in [-0.3, -0.25) is 0 Å². The predicted octanol–water partition coefficient (Wildman–Crippen LogP) is 1.07. The lowest BCUT2D eigenvalue weighted by Crippen LogP contribution is -2.45. The summed E-state index contributed by atoms with van der Waals surface area (Å²) in [6.45, 7) is 0.274. The van der Waals surface area contributed by atoms with E-state index in [1.807, 2.05) is 0 Å². The van der Waals surface area contributed by atoms with Gasteiger partial charge in [-0.05, 0) is 17.7 Å². The van der Waals surface area contributed by atoms with Crippen molar-refractivity contribution < 1.29 is 19.8 Å². The highest BCUT2D eigenvalue weighted by Gasteiger charge is 2.38. The third-order valence-electron chi connectivity index (χ3n) is 3.16. The molecule has 1 aromatic carbocycles. The van der Waals surface area contributed by atoms with Gasteiger partial charge in [-0.1, -0.05) is 23.7 Å². The quantitative estimate of drug-likeness (QED) is 0.778. The number of aliphatic hydroxyl groups is 1. The number of rotatable bonds is 3. The number of amides is 2. The van der Waals surface area contributed by atoms with Gasteiger partial charge >= 0.3 is 12.0 Å². The van der Waals surface area contributed by atoms with E-state index in [2.05, 4.69) is 5.32 Å². The standard InChI is InChI=1S/C13H15ClN2O4/c14-9-3-1-2-8(4-9)6-15-13(20)16-7-10(17)5-11(16)12(18)19/h1-4,10-11,17H,5-7H2,(H,15,20)(H,18,19). The van der Waals surface area contributed by atoms with E-state index in [-0.39, 0.29) is 19.5 Å². The van der Waals surface area contributed by atoms with Crippen LogP contribution in [0.2, 0.25) is 5.02 Å². The molecule has 2 atom stereocenters. The molecule has 2 amide bonds. The molecule has 2 rings (SSSR count). The number of β-amino-alcohol motifs (C(OH)–C–C–N with tert-alkyl or cyclic N) is 1. The summed E-state index contributed by atoms with van der Waals surface area (Å²) in [7, 11) is 0. The molecule has 0 aliphatic carbocycles. The van der Waals surface area contributed by atoms with Crippen LogP contribution in [0.1, 0.15) is 12.0 Å². The molecule has 0 bridgehead atoms. The Bertz CT molecular complexity index is 523. The molecule has 0 saturated carbocycles. The minimum absolute atomic E-state index is 0.0261. The second kappa shape index (κ2) is 6.11. The molecule has 1 saturated heterocycles. The summed E-state index contributed by atoms with van der Waals surface area (Å²) in [5.74, 6) is -1.11. The fraction of sp³-hybridized carbons (Fsp3) is 0.385. The highest BCUT2D eigenvalue weighted by atomic mass is 35.5. The van der Waals surface area contributed by atoms with Crippen molar-refractivity contribution >= 4 is 23.6 Å². The first kappa shape index (κ1) is 14.6. The summed E-state index contributed by atoms with van der Waals surface area (Å²) >= 11 is 5.84. The molecular formula is C13H15ClN2O4. The molecule has 1 aliphatic heterocycles. The summed E-state index contributed by atoms with van der Waals surface area (Å²) in [5, 5.41) is 21.7. The molecule has 1 fully saturated rings. The number of carbonyl (C=O) groups is 2. The molecule has 3 N–H and O–H groups in total. The zero-order valence-electron chi connectivity index (χ0n) is 10.6. The van der Waals surface area contributed by atoms with Crippen LogP contribution in [0, 0.1) is 0 Å². The number of likely N-dealkylation sites (tertiary alicyclic amines) is 1. The number of carbonyl (C=O) groups excluding carboxylic acids is 1. The van der Waals surface area contributed by atoms with E-state index in [4.69, 9.17) is 16.7 Å². The number of nitrogens with zero attached hydrogens (tertiary/aromatic N) is 1. The second-order valence-corrected chi connectivity index (χ2v) is 5.12. The summed E-state index contributed by atoms with van der Waals surface area (Å²) in [5.41, 5.74) is 0.817. The van der Waals surface area contributed by atoms with E-state index in [0.717, 1.165) is 10.5 Å². The molecular weight excluding hydrogens is 284 g/mol. The van der Waals surface area contributed by atoms with Gasteiger partial charge in [0.05, 0.1) is 6.10 Å². The van der Waals surface area contributed by atoms with Gasteiger partial charge < -0.3 is 20.4 Å². The Hall–Kier alpha value is -1.79. The minimum Gasteiger partial charge on any atom is -0.480 e. The molecule has 0 spiro atoms. The molecule has 1 heterocycles. The molecule has 0 aromatic heterocycles. The molecule has 20 heavy (non-hydrogen) atoms. The molecule has 108 valence electrons. The second-order valence-electron chi connectivity index (χ2n) is 4.68. The van der Waals surface area contributed by atoms with Crippen LogP contribution in [0.25, 0.3) is 0 Å². The normalized spacial score (nSPS) is 21.8. The molecule has 6 nitrogen and oxygen atoms in total. The van der Waals surface area contributed by atoms with Crippen LogP contribution in [-0.2, 0) is 11.3 Å².